The molecule has 0 heterocycles. The molecule has 164 valence electrons. The molecule has 0 aromatic rings. The molecule has 0 aliphatic carbocycles. The van der Waals surface area contributed by atoms with E-state index >= 15 is 0 Å². The molecule has 0 radical (unpaired) electrons. The minimum absolute atomic E-state index is 0.115. The van der Waals surface area contributed by atoms with Crippen LogP contribution in [0.2, 0.25) is 0 Å². The van der Waals surface area contributed by atoms with E-state index in [-0.39, 0.29) is 26.4 Å². The van der Waals surface area contributed by atoms with Crippen molar-refractivity contribution in [3.63, 3.8) is 0 Å². The van der Waals surface area contributed by atoms with Gasteiger partial charge in [0.25, 0.3) is 0 Å². The van der Waals surface area contributed by atoms with Gasteiger partial charge in [0.15, 0.2) is 0 Å². The maximum atomic E-state index is 11.3. The molecule has 0 spiro atoms. The first-order chi connectivity index (χ1) is 13.8. The molecule has 0 aromatic heterocycles. The zero-order chi connectivity index (χ0) is 20.5. The molecule has 0 aliphatic heterocycles. The topological polar surface area (TPSA) is 90.9 Å². The first-order valence-electron chi connectivity index (χ1n) is 9.29. The van der Waals surface area contributed by atoms with E-state index < -0.39 is 6.16 Å². The van der Waals surface area contributed by atoms with Crippen LogP contribution in [-0.2, 0) is 37.9 Å². The van der Waals surface area contributed by atoms with Crippen LogP contribution in [0, 0.1) is 0 Å². The Hall–Kier alpha value is -1.49. The minimum atomic E-state index is -0.751. The van der Waals surface area contributed by atoms with E-state index in [0.29, 0.717) is 66.1 Å². The van der Waals surface area contributed by atoms with Gasteiger partial charge in [-0.3, -0.25) is 0 Å². The van der Waals surface area contributed by atoms with Crippen LogP contribution in [-0.4, -0.2) is 98.7 Å². The molecule has 0 amide bonds. The summed E-state index contributed by atoms with van der Waals surface area (Å²) in [5.74, 6) is 0. The lowest BCUT2D eigenvalue weighted by Crippen LogP contribution is -2.17. The van der Waals surface area contributed by atoms with E-state index in [4.69, 9.17) is 37.9 Å². The second-order valence-corrected chi connectivity index (χ2v) is 5.12. The van der Waals surface area contributed by atoms with Gasteiger partial charge in [0.2, 0.25) is 0 Å². The Morgan fingerprint density at radius 2 is 0.786 bits per heavy atom. The van der Waals surface area contributed by atoms with Gasteiger partial charge in [0, 0.05) is 0 Å². The fourth-order valence-electron chi connectivity index (χ4n) is 1.62. The van der Waals surface area contributed by atoms with Gasteiger partial charge in [0.1, 0.15) is 13.2 Å². The van der Waals surface area contributed by atoms with Crippen molar-refractivity contribution < 1.29 is 42.7 Å². The van der Waals surface area contributed by atoms with E-state index in [0.717, 1.165) is 0 Å². The molecule has 9 heteroatoms. The highest BCUT2D eigenvalue weighted by molar-refractivity contribution is 5.59. The van der Waals surface area contributed by atoms with Crippen molar-refractivity contribution in [2.24, 2.45) is 0 Å². The van der Waals surface area contributed by atoms with Crippen LogP contribution in [0.3, 0.4) is 0 Å². The Bertz CT molecular complexity index is 331. The van der Waals surface area contributed by atoms with Gasteiger partial charge in [-0.25, -0.2) is 4.79 Å². The van der Waals surface area contributed by atoms with Crippen LogP contribution in [0.4, 0.5) is 4.79 Å². The van der Waals surface area contributed by atoms with Crippen LogP contribution < -0.4 is 0 Å². The summed E-state index contributed by atoms with van der Waals surface area (Å²) in [7, 11) is 0. The van der Waals surface area contributed by atoms with Crippen molar-refractivity contribution in [3.05, 3.63) is 25.3 Å². The van der Waals surface area contributed by atoms with Crippen molar-refractivity contribution in [1.29, 1.82) is 0 Å². The zero-order valence-electron chi connectivity index (χ0n) is 16.6. The van der Waals surface area contributed by atoms with E-state index in [2.05, 4.69) is 13.2 Å². The molecule has 0 rings (SSSR count). The zero-order valence-corrected chi connectivity index (χ0v) is 16.6. The first kappa shape index (κ1) is 26.5. The van der Waals surface area contributed by atoms with Gasteiger partial charge in [-0.2, -0.15) is 0 Å². The van der Waals surface area contributed by atoms with Gasteiger partial charge in [-0.15, -0.1) is 13.2 Å². The van der Waals surface area contributed by atoms with E-state index in [1.54, 1.807) is 12.2 Å². The highest BCUT2D eigenvalue weighted by atomic mass is 16.7. The molecular formula is C19H34O9. The predicted molar refractivity (Wildman–Crippen MR) is 103 cm³/mol. The smallest absolute Gasteiger partial charge is 0.432 e. The molecule has 0 atom stereocenters. The lowest BCUT2D eigenvalue weighted by Gasteiger charge is -2.08. The van der Waals surface area contributed by atoms with Crippen LogP contribution >= 0.6 is 0 Å². The predicted octanol–water partition coefficient (Wildman–Crippen LogP) is 1.61. The summed E-state index contributed by atoms with van der Waals surface area (Å²) in [5.41, 5.74) is 0. The van der Waals surface area contributed by atoms with Crippen molar-refractivity contribution in [1.82, 2.24) is 0 Å². The van der Waals surface area contributed by atoms with E-state index in [1.165, 1.54) is 0 Å². The number of carbonyl (C=O) groups is 1. The number of carbonyl (C=O) groups excluding carboxylic acids is 1. The molecular weight excluding hydrogens is 372 g/mol. The summed E-state index contributed by atoms with van der Waals surface area (Å²) in [6.07, 6.45) is 2.61. The number of hydrogen-bond acceptors (Lipinski definition) is 9. The third kappa shape index (κ3) is 22.6. The Labute approximate surface area is 167 Å². The average molecular weight is 406 g/mol. The summed E-state index contributed by atoms with van der Waals surface area (Å²) >= 11 is 0. The molecule has 0 unspecified atom stereocenters. The van der Waals surface area contributed by atoms with Gasteiger partial charge in [-0.1, -0.05) is 12.2 Å². The van der Waals surface area contributed by atoms with Crippen molar-refractivity contribution in [2.45, 2.75) is 0 Å². The fourth-order valence-corrected chi connectivity index (χ4v) is 1.62. The van der Waals surface area contributed by atoms with E-state index in [1.807, 2.05) is 0 Å². The average Bonchev–Trinajstić information content (AvgIpc) is 2.70. The minimum Gasteiger partial charge on any atom is -0.432 e. The van der Waals surface area contributed by atoms with Gasteiger partial charge >= 0.3 is 6.16 Å². The van der Waals surface area contributed by atoms with Crippen LogP contribution in [0.25, 0.3) is 0 Å². The molecule has 0 N–H and O–H groups in total. The number of hydrogen-bond donors (Lipinski definition) is 0. The van der Waals surface area contributed by atoms with Gasteiger partial charge in [-0.05, 0) is 0 Å². The van der Waals surface area contributed by atoms with Gasteiger partial charge in [0.05, 0.1) is 79.3 Å². The summed E-state index contributed by atoms with van der Waals surface area (Å²) < 4.78 is 41.1. The second kappa shape index (κ2) is 23.5. The third-order valence-corrected chi connectivity index (χ3v) is 2.85. The number of rotatable bonds is 22. The largest absolute Gasteiger partial charge is 0.508 e. The Kier molecular flexibility index (Phi) is 22.3. The SMILES string of the molecule is C=CCOCCOCCOCCOC(=O)OCCOCCOCCOCC=C. The molecule has 0 saturated carbocycles. The summed E-state index contributed by atoms with van der Waals surface area (Å²) in [6.45, 7) is 12.7. The standard InChI is InChI=1S/C19H34O9/c1-3-5-21-7-9-23-11-13-25-15-17-27-19(20)28-18-16-26-14-12-24-10-8-22-6-4-2/h3-4H,1-2,5-18H2. The van der Waals surface area contributed by atoms with E-state index in [9.17, 15) is 4.79 Å². The summed E-state index contributed by atoms with van der Waals surface area (Å²) in [4.78, 5) is 11.3. The maximum absolute atomic E-state index is 11.3. The highest BCUT2D eigenvalue weighted by Crippen LogP contribution is 1.88. The van der Waals surface area contributed by atoms with Crippen LogP contribution in [0.15, 0.2) is 25.3 Å². The maximum Gasteiger partial charge on any atom is 0.508 e. The van der Waals surface area contributed by atoms with Crippen molar-refractivity contribution in [3.8, 4) is 0 Å². The van der Waals surface area contributed by atoms with Crippen molar-refractivity contribution in [2.75, 3.05) is 92.5 Å². The van der Waals surface area contributed by atoms with Gasteiger partial charge < -0.3 is 37.9 Å². The Balaban J connectivity index is 3.15. The second-order valence-electron chi connectivity index (χ2n) is 5.12. The molecule has 28 heavy (non-hydrogen) atoms. The Morgan fingerprint density at radius 1 is 0.500 bits per heavy atom. The molecule has 0 aromatic carbocycles. The first-order valence-corrected chi connectivity index (χ1v) is 9.29. The molecule has 0 saturated heterocycles. The summed E-state index contributed by atoms with van der Waals surface area (Å²) in [6, 6.07) is 0. The molecule has 0 bridgehead atoms. The molecule has 0 aliphatic rings. The van der Waals surface area contributed by atoms with Crippen LogP contribution in [0.5, 0.6) is 0 Å². The Morgan fingerprint density at radius 3 is 1.11 bits per heavy atom. The summed E-state index contributed by atoms with van der Waals surface area (Å²) in [5, 5.41) is 0. The lowest BCUT2D eigenvalue weighted by atomic mass is 10.6. The monoisotopic (exact) mass is 406 g/mol. The quantitative estimate of drug-likeness (QED) is 0.151. The molecule has 9 nitrogen and oxygen atoms in total. The third-order valence-electron chi connectivity index (χ3n) is 2.85. The fraction of sp³-hybridized carbons (Fsp3) is 0.737. The number of ether oxygens (including phenoxy) is 8. The highest BCUT2D eigenvalue weighted by Gasteiger charge is 2.03. The normalized spacial score (nSPS) is 10.6. The van der Waals surface area contributed by atoms with Crippen LogP contribution in [0.1, 0.15) is 0 Å². The molecule has 0 fully saturated rings. The van der Waals surface area contributed by atoms with Crippen molar-refractivity contribution >= 4 is 6.16 Å². The lowest BCUT2D eigenvalue weighted by molar-refractivity contribution is -0.0131.